The standard InChI is InChI=1S/C14H19ClO3/c1-17-13-7-10(11(15)8-14(13)18-2)12(16)6-9-4-3-5-9/h7-9,12,16H,3-6H2,1-2H3. The summed E-state index contributed by atoms with van der Waals surface area (Å²) >= 11 is 6.18. The molecular weight excluding hydrogens is 252 g/mol. The van der Waals surface area contributed by atoms with Crippen LogP contribution in [0.1, 0.15) is 37.4 Å². The van der Waals surface area contributed by atoms with E-state index in [-0.39, 0.29) is 0 Å². The van der Waals surface area contributed by atoms with Gasteiger partial charge in [-0.25, -0.2) is 0 Å². The van der Waals surface area contributed by atoms with Crippen LogP contribution in [0, 0.1) is 5.92 Å². The molecule has 0 spiro atoms. The van der Waals surface area contributed by atoms with Crippen molar-refractivity contribution in [3.8, 4) is 11.5 Å². The molecule has 0 aliphatic heterocycles. The minimum atomic E-state index is -0.525. The van der Waals surface area contributed by atoms with E-state index in [2.05, 4.69) is 0 Å². The fourth-order valence-corrected chi connectivity index (χ4v) is 2.58. The second-order valence-electron chi connectivity index (χ2n) is 4.78. The number of aliphatic hydroxyl groups excluding tert-OH is 1. The average molecular weight is 271 g/mol. The molecule has 0 amide bonds. The maximum atomic E-state index is 10.2. The van der Waals surface area contributed by atoms with Crippen LogP contribution in [-0.4, -0.2) is 19.3 Å². The van der Waals surface area contributed by atoms with Crippen LogP contribution in [0.2, 0.25) is 5.02 Å². The normalized spacial score (nSPS) is 17.1. The van der Waals surface area contributed by atoms with Gasteiger partial charge in [-0.3, -0.25) is 0 Å². The monoisotopic (exact) mass is 270 g/mol. The van der Waals surface area contributed by atoms with Crippen molar-refractivity contribution in [2.45, 2.75) is 31.8 Å². The first-order valence-corrected chi connectivity index (χ1v) is 6.63. The smallest absolute Gasteiger partial charge is 0.162 e. The zero-order chi connectivity index (χ0) is 13.1. The van der Waals surface area contributed by atoms with Crippen molar-refractivity contribution in [2.75, 3.05) is 14.2 Å². The van der Waals surface area contributed by atoms with Crippen molar-refractivity contribution >= 4 is 11.6 Å². The predicted molar refractivity (Wildman–Crippen MR) is 71.5 cm³/mol. The Morgan fingerprint density at radius 2 is 1.89 bits per heavy atom. The number of hydrogen-bond donors (Lipinski definition) is 1. The highest BCUT2D eigenvalue weighted by Crippen LogP contribution is 2.40. The predicted octanol–water partition coefficient (Wildman–Crippen LogP) is 3.58. The van der Waals surface area contributed by atoms with Crippen molar-refractivity contribution in [1.82, 2.24) is 0 Å². The quantitative estimate of drug-likeness (QED) is 0.889. The van der Waals surface area contributed by atoms with Crippen molar-refractivity contribution in [3.05, 3.63) is 22.7 Å². The van der Waals surface area contributed by atoms with Crippen molar-refractivity contribution in [2.24, 2.45) is 5.92 Å². The molecule has 0 saturated heterocycles. The number of methoxy groups -OCH3 is 2. The van der Waals surface area contributed by atoms with Crippen molar-refractivity contribution in [3.63, 3.8) is 0 Å². The summed E-state index contributed by atoms with van der Waals surface area (Å²) < 4.78 is 10.4. The van der Waals surface area contributed by atoms with Gasteiger partial charge in [-0.2, -0.15) is 0 Å². The maximum Gasteiger partial charge on any atom is 0.162 e. The summed E-state index contributed by atoms with van der Waals surface area (Å²) in [6.45, 7) is 0. The van der Waals surface area contributed by atoms with E-state index < -0.39 is 6.10 Å². The third-order valence-electron chi connectivity index (χ3n) is 3.64. The molecule has 2 rings (SSSR count). The third kappa shape index (κ3) is 2.73. The second-order valence-corrected chi connectivity index (χ2v) is 5.18. The number of aliphatic hydroxyl groups is 1. The molecule has 1 aromatic rings. The number of ether oxygens (including phenoxy) is 2. The molecule has 0 radical (unpaired) electrons. The third-order valence-corrected chi connectivity index (χ3v) is 3.97. The highest BCUT2D eigenvalue weighted by molar-refractivity contribution is 6.31. The topological polar surface area (TPSA) is 38.7 Å². The zero-order valence-corrected chi connectivity index (χ0v) is 11.5. The molecule has 3 nitrogen and oxygen atoms in total. The minimum absolute atomic E-state index is 0.525. The van der Waals surface area contributed by atoms with Crippen LogP contribution in [0.4, 0.5) is 0 Å². The molecule has 1 aliphatic rings. The molecule has 1 atom stereocenters. The largest absolute Gasteiger partial charge is 0.493 e. The molecule has 1 saturated carbocycles. The summed E-state index contributed by atoms with van der Waals surface area (Å²) in [5.41, 5.74) is 0.723. The maximum absolute atomic E-state index is 10.2. The van der Waals surface area contributed by atoms with E-state index in [1.165, 1.54) is 19.3 Å². The fourth-order valence-electron chi connectivity index (χ4n) is 2.30. The van der Waals surface area contributed by atoms with Gasteiger partial charge in [0.15, 0.2) is 11.5 Å². The Balaban J connectivity index is 2.20. The molecule has 1 N–H and O–H groups in total. The summed E-state index contributed by atoms with van der Waals surface area (Å²) in [7, 11) is 3.15. The van der Waals surface area contributed by atoms with Gasteiger partial charge in [0.1, 0.15) is 0 Å². The Morgan fingerprint density at radius 3 is 2.39 bits per heavy atom. The first-order valence-electron chi connectivity index (χ1n) is 6.25. The van der Waals surface area contributed by atoms with Crippen LogP contribution in [-0.2, 0) is 0 Å². The zero-order valence-electron chi connectivity index (χ0n) is 10.8. The summed E-state index contributed by atoms with van der Waals surface area (Å²) in [6.07, 6.45) is 3.94. The van der Waals surface area contributed by atoms with E-state index in [9.17, 15) is 5.11 Å². The van der Waals surface area contributed by atoms with Crippen LogP contribution in [0.25, 0.3) is 0 Å². The molecule has 0 bridgehead atoms. The van der Waals surface area contributed by atoms with E-state index in [1.54, 1.807) is 26.4 Å². The lowest BCUT2D eigenvalue weighted by Gasteiger charge is -2.28. The second kappa shape index (κ2) is 5.81. The molecule has 0 aromatic heterocycles. The molecular formula is C14H19ClO3. The Morgan fingerprint density at radius 1 is 1.28 bits per heavy atom. The lowest BCUT2D eigenvalue weighted by molar-refractivity contribution is 0.118. The van der Waals surface area contributed by atoms with Crippen molar-refractivity contribution < 1.29 is 14.6 Å². The van der Waals surface area contributed by atoms with E-state index >= 15 is 0 Å². The van der Waals surface area contributed by atoms with Gasteiger partial charge < -0.3 is 14.6 Å². The Bertz CT molecular complexity index is 416. The van der Waals surface area contributed by atoms with Gasteiger partial charge in [0, 0.05) is 11.6 Å². The molecule has 1 aromatic carbocycles. The van der Waals surface area contributed by atoms with Crippen LogP contribution < -0.4 is 9.47 Å². The van der Waals surface area contributed by atoms with Gasteiger partial charge in [0.2, 0.25) is 0 Å². The summed E-state index contributed by atoms with van der Waals surface area (Å²) in [4.78, 5) is 0. The van der Waals surface area contributed by atoms with E-state index in [0.717, 1.165) is 12.0 Å². The molecule has 100 valence electrons. The number of rotatable bonds is 5. The molecule has 1 unspecified atom stereocenters. The molecule has 4 heteroatoms. The molecule has 1 aliphatic carbocycles. The fraction of sp³-hybridized carbons (Fsp3) is 0.571. The Hall–Kier alpha value is -0.930. The lowest BCUT2D eigenvalue weighted by atomic mass is 9.80. The van der Waals surface area contributed by atoms with Gasteiger partial charge in [-0.15, -0.1) is 0 Å². The average Bonchev–Trinajstić information content (AvgIpc) is 2.33. The van der Waals surface area contributed by atoms with Gasteiger partial charge in [-0.05, 0) is 18.4 Å². The lowest BCUT2D eigenvalue weighted by Crippen LogP contribution is -2.15. The van der Waals surface area contributed by atoms with Gasteiger partial charge in [-0.1, -0.05) is 30.9 Å². The first kappa shape index (κ1) is 13.5. The summed E-state index contributed by atoms with van der Waals surface area (Å²) in [5, 5.41) is 10.8. The van der Waals surface area contributed by atoms with Crippen molar-refractivity contribution in [1.29, 1.82) is 0 Å². The molecule has 18 heavy (non-hydrogen) atoms. The van der Waals surface area contributed by atoms with Gasteiger partial charge in [0.05, 0.1) is 25.3 Å². The van der Waals surface area contributed by atoms with E-state index in [0.29, 0.717) is 22.4 Å². The van der Waals surface area contributed by atoms with Crippen LogP contribution in [0.15, 0.2) is 12.1 Å². The highest BCUT2D eigenvalue weighted by Gasteiger charge is 2.24. The Kier molecular flexibility index (Phi) is 4.36. The molecule has 0 heterocycles. The number of hydrogen-bond acceptors (Lipinski definition) is 3. The number of benzene rings is 1. The number of halogens is 1. The van der Waals surface area contributed by atoms with Gasteiger partial charge in [0.25, 0.3) is 0 Å². The van der Waals surface area contributed by atoms with E-state index in [1.807, 2.05) is 0 Å². The Labute approximate surface area is 113 Å². The summed E-state index contributed by atoms with van der Waals surface area (Å²) in [6, 6.07) is 3.46. The highest BCUT2D eigenvalue weighted by atomic mass is 35.5. The molecule has 1 fully saturated rings. The first-order chi connectivity index (χ1) is 8.65. The van der Waals surface area contributed by atoms with E-state index in [4.69, 9.17) is 21.1 Å². The van der Waals surface area contributed by atoms with Crippen LogP contribution >= 0.6 is 11.6 Å². The minimum Gasteiger partial charge on any atom is -0.493 e. The SMILES string of the molecule is COc1cc(Cl)c(C(O)CC2CCC2)cc1OC. The van der Waals surface area contributed by atoms with Crippen LogP contribution in [0.5, 0.6) is 11.5 Å². The van der Waals surface area contributed by atoms with Crippen LogP contribution in [0.3, 0.4) is 0 Å². The van der Waals surface area contributed by atoms with Gasteiger partial charge >= 0.3 is 0 Å². The summed E-state index contributed by atoms with van der Waals surface area (Å²) in [5.74, 6) is 1.82.